The summed E-state index contributed by atoms with van der Waals surface area (Å²) in [5, 5.41) is 29.3. The van der Waals surface area contributed by atoms with Crippen LogP contribution >= 0.6 is 0 Å². The van der Waals surface area contributed by atoms with Crippen molar-refractivity contribution in [3.63, 3.8) is 0 Å². The molecule has 0 amide bonds. The van der Waals surface area contributed by atoms with E-state index in [1.807, 2.05) is 30.4 Å². The van der Waals surface area contributed by atoms with Crippen molar-refractivity contribution in [1.82, 2.24) is 0 Å². The number of esters is 2. The third kappa shape index (κ3) is 26.0. The predicted octanol–water partition coefficient (Wildman–Crippen LogP) is 6.66. The monoisotopic (exact) mass is 564 g/mol. The second-order valence-corrected chi connectivity index (χ2v) is 10.2. The van der Waals surface area contributed by atoms with Crippen LogP contribution in [0.5, 0.6) is 0 Å². The van der Waals surface area contributed by atoms with Gasteiger partial charge in [0.1, 0.15) is 6.61 Å². The Morgan fingerprint density at radius 3 is 1.80 bits per heavy atom. The highest BCUT2D eigenvalue weighted by Crippen LogP contribution is 2.10. The molecule has 0 rings (SSSR count). The van der Waals surface area contributed by atoms with Crippen LogP contribution in [0.4, 0.5) is 0 Å². The van der Waals surface area contributed by atoms with E-state index in [4.69, 9.17) is 9.47 Å². The molecule has 0 saturated carbocycles. The molecule has 0 aromatic carbocycles. The van der Waals surface area contributed by atoms with Gasteiger partial charge in [0.2, 0.25) is 0 Å². The van der Waals surface area contributed by atoms with Crippen LogP contribution < -0.4 is 0 Å². The molecule has 0 aliphatic heterocycles. The average Bonchev–Trinajstić information content (AvgIpc) is 2.94. The highest BCUT2D eigenvalue weighted by atomic mass is 16.6. The zero-order valence-electron chi connectivity index (χ0n) is 25.1. The topological polar surface area (TPSA) is 113 Å². The van der Waals surface area contributed by atoms with Crippen LogP contribution in [0.3, 0.4) is 0 Å². The van der Waals surface area contributed by atoms with Gasteiger partial charge in [0, 0.05) is 12.8 Å². The van der Waals surface area contributed by atoms with Gasteiger partial charge in [-0.15, -0.1) is 0 Å². The van der Waals surface area contributed by atoms with Crippen molar-refractivity contribution in [2.45, 2.75) is 135 Å². The number of aliphatic hydroxyl groups is 3. The van der Waals surface area contributed by atoms with Crippen molar-refractivity contribution in [2.24, 2.45) is 0 Å². The number of unbranched alkanes of at least 4 members (excludes halogenated alkanes) is 8. The van der Waals surface area contributed by atoms with Gasteiger partial charge in [-0.3, -0.25) is 9.59 Å². The first kappa shape index (κ1) is 37.8. The lowest BCUT2D eigenvalue weighted by Crippen LogP contribution is -2.28. The van der Waals surface area contributed by atoms with Crippen LogP contribution in [0.25, 0.3) is 0 Å². The van der Waals surface area contributed by atoms with Gasteiger partial charge in [-0.2, -0.15) is 0 Å². The van der Waals surface area contributed by atoms with E-state index in [0.29, 0.717) is 19.3 Å². The van der Waals surface area contributed by atoms with Gasteiger partial charge in [0.05, 0.1) is 18.8 Å². The van der Waals surface area contributed by atoms with E-state index >= 15 is 0 Å². The Balaban J connectivity index is 3.95. The first-order valence-corrected chi connectivity index (χ1v) is 15.4. The minimum absolute atomic E-state index is 0.106. The lowest BCUT2D eigenvalue weighted by Gasteiger charge is -2.16. The Labute approximate surface area is 243 Å². The molecular weight excluding hydrogens is 508 g/mol. The number of rotatable bonds is 26. The summed E-state index contributed by atoms with van der Waals surface area (Å²) in [6, 6.07) is 0. The molecule has 0 spiro atoms. The van der Waals surface area contributed by atoms with Gasteiger partial charge in [-0.05, 0) is 32.1 Å². The van der Waals surface area contributed by atoms with E-state index < -0.39 is 24.8 Å². The second-order valence-electron chi connectivity index (χ2n) is 10.2. The van der Waals surface area contributed by atoms with Crippen molar-refractivity contribution in [3.8, 4) is 0 Å². The number of allylic oxidation sites excluding steroid dienone is 6. The van der Waals surface area contributed by atoms with E-state index in [9.17, 15) is 24.9 Å². The molecule has 7 nitrogen and oxygen atoms in total. The van der Waals surface area contributed by atoms with Crippen molar-refractivity contribution in [1.29, 1.82) is 0 Å². The van der Waals surface area contributed by atoms with Crippen molar-refractivity contribution >= 4 is 11.9 Å². The molecule has 0 aliphatic carbocycles. The summed E-state index contributed by atoms with van der Waals surface area (Å²) in [5.74, 6) is -0.833. The molecule has 3 atom stereocenters. The van der Waals surface area contributed by atoms with Crippen molar-refractivity contribution in [3.05, 3.63) is 48.6 Å². The van der Waals surface area contributed by atoms with Gasteiger partial charge in [-0.25, -0.2) is 0 Å². The zero-order valence-corrected chi connectivity index (χ0v) is 25.1. The van der Waals surface area contributed by atoms with Crippen molar-refractivity contribution in [2.75, 3.05) is 13.2 Å². The lowest BCUT2D eigenvalue weighted by molar-refractivity contribution is -0.161. The quantitative estimate of drug-likeness (QED) is 0.0611. The SMILES string of the molecule is CCCCCCCCCC(=O)OC[C@H](CO)OC(=O)CCC[C@H](O)/C=C/C=C\C/C=C\C=C\[C@H](O)CCCCC. The van der Waals surface area contributed by atoms with E-state index in [2.05, 4.69) is 13.8 Å². The van der Waals surface area contributed by atoms with Gasteiger partial charge < -0.3 is 24.8 Å². The Bertz CT molecular complexity index is 726. The molecule has 7 heteroatoms. The number of hydrogen-bond donors (Lipinski definition) is 3. The molecule has 0 unspecified atom stereocenters. The molecule has 0 heterocycles. The molecule has 0 bridgehead atoms. The Kier molecular flexibility index (Phi) is 26.7. The van der Waals surface area contributed by atoms with Gasteiger partial charge in [0.15, 0.2) is 6.10 Å². The minimum Gasteiger partial charge on any atom is -0.462 e. The normalized spacial score (nSPS) is 14.4. The van der Waals surface area contributed by atoms with Gasteiger partial charge in [-0.1, -0.05) is 120 Å². The first-order chi connectivity index (χ1) is 19.4. The van der Waals surface area contributed by atoms with Crippen LogP contribution in [0.15, 0.2) is 48.6 Å². The second kappa shape index (κ2) is 28.3. The van der Waals surface area contributed by atoms with Gasteiger partial charge in [0.25, 0.3) is 0 Å². The van der Waals surface area contributed by atoms with Crippen molar-refractivity contribution < 1.29 is 34.4 Å². The summed E-state index contributed by atoms with van der Waals surface area (Å²) in [6.45, 7) is 3.76. The van der Waals surface area contributed by atoms with E-state index in [-0.39, 0.29) is 25.1 Å². The maximum Gasteiger partial charge on any atom is 0.306 e. The molecule has 0 radical (unpaired) electrons. The van der Waals surface area contributed by atoms with E-state index in [1.165, 1.54) is 25.7 Å². The number of aliphatic hydroxyl groups excluding tert-OH is 3. The van der Waals surface area contributed by atoms with Gasteiger partial charge >= 0.3 is 11.9 Å². The third-order valence-electron chi connectivity index (χ3n) is 6.33. The minimum atomic E-state index is -0.874. The third-order valence-corrected chi connectivity index (χ3v) is 6.33. The maximum atomic E-state index is 12.1. The molecule has 230 valence electrons. The Morgan fingerprint density at radius 1 is 0.675 bits per heavy atom. The number of carbonyl (C=O) groups excluding carboxylic acids is 2. The summed E-state index contributed by atoms with van der Waals surface area (Å²) >= 11 is 0. The zero-order chi connectivity index (χ0) is 29.7. The summed E-state index contributed by atoms with van der Waals surface area (Å²) in [7, 11) is 0. The molecule has 0 fully saturated rings. The van der Waals surface area contributed by atoms with Crippen LogP contribution in [0.1, 0.15) is 117 Å². The fourth-order valence-corrected chi connectivity index (χ4v) is 3.88. The summed E-state index contributed by atoms with van der Waals surface area (Å²) in [4.78, 5) is 23.9. The summed E-state index contributed by atoms with van der Waals surface area (Å²) in [6.07, 6.45) is 26.8. The average molecular weight is 565 g/mol. The predicted molar refractivity (Wildman–Crippen MR) is 162 cm³/mol. The van der Waals surface area contributed by atoms with E-state index in [0.717, 1.165) is 51.4 Å². The lowest BCUT2D eigenvalue weighted by atomic mass is 10.1. The number of hydrogen-bond acceptors (Lipinski definition) is 7. The summed E-state index contributed by atoms with van der Waals surface area (Å²) < 4.78 is 10.4. The molecule has 0 aliphatic rings. The molecule has 0 aromatic heterocycles. The van der Waals surface area contributed by atoms with E-state index in [1.54, 1.807) is 18.2 Å². The molecule has 0 saturated heterocycles. The number of ether oxygens (including phenoxy) is 2. The summed E-state index contributed by atoms with van der Waals surface area (Å²) in [5.41, 5.74) is 0. The number of carbonyl (C=O) groups is 2. The largest absolute Gasteiger partial charge is 0.462 e. The Hall–Kier alpha value is -2.22. The first-order valence-electron chi connectivity index (χ1n) is 15.4. The standard InChI is InChI=1S/C33H56O7/c1-3-5-7-8-10-15-19-25-32(37)39-28-31(27-34)40-33(38)26-20-24-30(36)23-18-14-12-9-11-13-17-22-29(35)21-16-6-4-2/h11-14,17-18,22-23,29-31,34-36H,3-10,15-16,19-21,24-28H2,1-2H3/b13-11-,14-12-,22-17+,23-18+/t29-,30-,31+/m1/s1. The van der Waals surface area contributed by atoms with Crippen LogP contribution in [0, 0.1) is 0 Å². The Morgan fingerprint density at radius 2 is 1.20 bits per heavy atom. The maximum absolute atomic E-state index is 12.1. The molecule has 0 aromatic rings. The fourth-order valence-electron chi connectivity index (χ4n) is 3.88. The smallest absolute Gasteiger partial charge is 0.306 e. The highest BCUT2D eigenvalue weighted by Gasteiger charge is 2.16. The highest BCUT2D eigenvalue weighted by molar-refractivity contribution is 5.70. The van der Waals surface area contributed by atoms with Crippen LogP contribution in [-0.4, -0.2) is 58.8 Å². The van der Waals surface area contributed by atoms with Crippen LogP contribution in [0.2, 0.25) is 0 Å². The molecule has 40 heavy (non-hydrogen) atoms. The van der Waals surface area contributed by atoms with Crippen LogP contribution in [-0.2, 0) is 19.1 Å². The fraction of sp³-hybridized carbons (Fsp3) is 0.697. The molecular formula is C33H56O7. The molecule has 3 N–H and O–H groups in total.